The van der Waals surface area contributed by atoms with Crippen molar-refractivity contribution >= 4 is 17.0 Å². The van der Waals surface area contributed by atoms with E-state index >= 15 is 0 Å². The molecule has 0 unspecified atom stereocenters. The molecule has 2 heterocycles. The second kappa shape index (κ2) is 5.76. The maximum absolute atomic E-state index is 9.54. The molecule has 1 aromatic carbocycles. The van der Waals surface area contributed by atoms with Gasteiger partial charge in [0, 0.05) is 12.6 Å². The van der Waals surface area contributed by atoms with Crippen molar-refractivity contribution in [3.63, 3.8) is 0 Å². The standard InChI is InChI=1S/C14H15N5O3/c1-21-9-3-8(4-10(5-9)22-2)6-15-12-11-13(17-7-16-11)19-14(20)18-12/h3-5,7H,6H2,1-2H3,(H3,15,16,17,18,19,20). The molecule has 3 aromatic rings. The molecule has 0 radical (unpaired) electrons. The number of hydrogen-bond donors (Lipinski definition) is 3. The fourth-order valence-corrected chi connectivity index (χ4v) is 2.10. The summed E-state index contributed by atoms with van der Waals surface area (Å²) in [5.41, 5.74) is 1.98. The summed E-state index contributed by atoms with van der Waals surface area (Å²) in [5.74, 6) is 1.85. The van der Waals surface area contributed by atoms with Crippen LogP contribution in [0.25, 0.3) is 11.2 Å². The first kappa shape index (κ1) is 13.9. The number of hydrogen-bond acceptors (Lipinski definition) is 7. The predicted octanol–water partition coefficient (Wildman–Crippen LogP) is 1.69. The van der Waals surface area contributed by atoms with Crippen molar-refractivity contribution in [2.75, 3.05) is 19.5 Å². The van der Waals surface area contributed by atoms with Gasteiger partial charge in [0.25, 0.3) is 0 Å². The van der Waals surface area contributed by atoms with Crippen molar-refractivity contribution in [2.45, 2.75) is 6.54 Å². The molecule has 3 rings (SSSR count). The molecule has 8 heteroatoms. The van der Waals surface area contributed by atoms with Crippen molar-refractivity contribution < 1.29 is 14.6 Å². The van der Waals surface area contributed by atoms with Crippen LogP contribution in [0.5, 0.6) is 17.5 Å². The molecule has 3 N–H and O–H groups in total. The Balaban J connectivity index is 1.86. The van der Waals surface area contributed by atoms with E-state index in [1.165, 1.54) is 6.33 Å². The Morgan fingerprint density at radius 3 is 2.55 bits per heavy atom. The van der Waals surface area contributed by atoms with Gasteiger partial charge in [0.2, 0.25) is 0 Å². The minimum atomic E-state index is -0.317. The summed E-state index contributed by atoms with van der Waals surface area (Å²) in [5, 5.41) is 12.7. The number of nitrogens with zero attached hydrogens (tertiary/aromatic N) is 3. The molecule has 0 spiro atoms. The maximum atomic E-state index is 9.54. The van der Waals surface area contributed by atoms with E-state index < -0.39 is 0 Å². The highest BCUT2D eigenvalue weighted by molar-refractivity contribution is 5.82. The van der Waals surface area contributed by atoms with Crippen LogP contribution >= 0.6 is 0 Å². The topological polar surface area (TPSA) is 105 Å². The lowest BCUT2D eigenvalue weighted by molar-refractivity contribution is 0.393. The van der Waals surface area contributed by atoms with Crippen LogP contribution < -0.4 is 14.8 Å². The van der Waals surface area contributed by atoms with Crippen molar-refractivity contribution in [3.05, 3.63) is 30.1 Å². The number of benzene rings is 1. The number of aromatic amines is 1. The minimum Gasteiger partial charge on any atom is -0.497 e. The number of anilines is 1. The van der Waals surface area contributed by atoms with Gasteiger partial charge < -0.3 is 24.9 Å². The van der Waals surface area contributed by atoms with Crippen molar-refractivity contribution in [2.24, 2.45) is 0 Å². The zero-order chi connectivity index (χ0) is 15.5. The summed E-state index contributed by atoms with van der Waals surface area (Å²) in [6, 6.07) is 5.25. The van der Waals surface area contributed by atoms with E-state index in [1.54, 1.807) is 20.3 Å². The van der Waals surface area contributed by atoms with Gasteiger partial charge in [0.05, 0.1) is 20.5 Å². The third kappa shape index (κ3) is 2.71. The molecule has 0 aliphatic carbocycles. The van der Waals surface area contributed by atoms with Crippen molar-refractivity contribution in [3.8, 4) is 17.5 Å². The molecular weight excluding hydrogens is 286 g/mol. The molecule has 0 amide bonds. The first-order valence-corrected chi connectivity index (χ1v) is 6.55. The first-order valence-electron chi connectivity index (χ1n) is 6.55. The van der Waals surface area contributed by atoms with Crippen molar-refractivity contribution in [1.29, 1.82) is 0 Å². The van der Waals surface area contributed by atoms with Gasteiger partial charge in [-0.15, -0.1) is 0 Å². The molecule has 0 saturated heterocycles. The van der Waals surface area contributed by atoms with E-state index in [0.717, 1.165) is 5.56 Å². The van der Waals surface area contributed by atoms with Gasteiger partial charge in [0.15, 0.2) is 11.5 Å². The van der Waals surface area contributed by atoms with Gasteiger partial charge in [-0.05, 0) is 17.7 Å². The van der Waals surface area contributed by atoms with E-state index in [-0.39, 0.29) is 6.01 Å². The number of aromatic nitrogens is 4. The largest absolute Gasteiger partial charge is 0.497 e. The number of aromatic hydroxyl groups is 1. The van der Waals surface area contributed by atoms with Gasteiger partial charge in [-0.2, -0.15) is 9.97 Å². The van der Waals surface area contributed by atoms with E-state index in [4.69, 9.17) is 9.47 Å². The van der Waals surface area contributed by atoms with E-state index in [2.05, 4.69) is 25.3 Å². The molecule has 2 aromatic heterocycles. The third-order valence-electron chi connectivity index (χ3n) is 3.14. The highest BCUT2D eigenvalue weighted by Crippen LogP contribution is 2.24. The lowest BCUT2D eigenvalue weighted by Crippen LogP contribution is -2.03. The SMILES string of the molecule is COc1cc(CNc2nc(O)nc3[nH]cnc23)cc(OC)c1. The zero-order valence-corrected chi connectivity index (χ0v) is 12.1. The molecule has 0 atom stereocenters. The number of nitrogens with one attached hydrogen (secondary N) is 2. The number of imidazole rings is 1. The summed E-state index contributed by atoms with van der Waals surface area (Å²) in [6.07, 6.45) is 1.50. The van der Waals surface area contributed by atoms with Crippen LogP contribution in [0.15, 0.2) is 24.5 Å². The lowest BCUT2D eigenvalue weighted by Gasteiger charge is -2.10. The monoisotopic (exact) mass is 301 g/mol. The van der Waals surface area contributed by atoms with E-state index in [0.29, 0.717) is 35.0 Å². The van der Waals surface area contributed by atoms with Crippen LogP contribution in [-0.2, 0) is 6.54 Å². The van der Waals surface area contributed by atoms with Crippen LogP contribution in [0.2, 0.25) is 0 Å². The molecule has 0 saturated carbocycles. The van der Waals surface area contributed by atoms with Gasteiger partial charge in [-0.25, -0.2) is 4.98 Å². The van der Waals surface area contributed by atoms with Crippen molar-refractivity contribution in [1.82, 2.24) is 19.9 Å². The molecule has 22 heavy (non-hydrogen) atoms. The Labute approximate surface area is 126 Å². The lowest BCUT2D eigenvalue weighted by atomic mass is 10.2. The van der Waals surface area contributed by atoms with Gasteiger partial charge >= 0.3 is 6.01 Å². The first-order chi connectivity index (χ1) is 10.7. The van der Waals surface area contributed by atoms with Crippen LogP contribution in [0.4, 0.5) is 5.82 Å². The van der Waals surface area contributed by atoms with Gasteiger partial charge in [-0.1, -0.05) is 0 Å². The Morgan fingerprint density at radius 2 is 1.86 bits per heavy atom. The highest BCUT2D eigenvalue weighted by Gasteiger charge is 2.10. The smallest absolute Gasteiger partial charge is 0.317 e. The highest BCUT2D eigenvalue weighted by atomic mass is 16.5. The maximum Gasteiger partial charge on any atom is 0.317 e. The zero-order valence-electron chi connectivity index (χ0n) is 12.1. The normalized spacial score (nSPS) is 10.6. The second-order valence-corrected chi connectivity index (χ2v) is 4.55. The average Bonchev–Trinajstić information content (AvgIpc) is 3.00. The Hall–Kier alpha value is -3.03. The summed E-state index contributed by atoms with van der Waals surface area (Å²) >= 11 is 0. The molecule has 8 nitrogen and oxygen atoms in total. The molecule has 114 valence electrons. The average molecular weight is 301 g/mol. The van der Waals surface area contributed by atoms with E-state index in [1.807, 2.05) is 12.1 Å². The molecule has 0 aliphatic heterocycles. The number of methoxy groups -OCH3 is 2. The fraction of sp³-hybridized carbons (Fsp3) is 0.214. The second-order valence-electron chi connectivity index (χ2n) is 4.55. The summed E-state index contributed by atoms with van der Waals surface area (Å²) in [7, 11) is 3.20. The molecule has 0 fully saturated rings. The number of rotatable bonds is 5. The van der Waals surface area contributed by atoms with Crippen LogP contribution in [0.3, 0.4) is 0 Å². The Bertz CT molecular complexity index is 780. The summed E-state index contributed by atoms with van der Waals surface area (Å²) < 4.78 is 10.5. The molecule has 0 bridgehead atoms. The van der Waals surface area contributed by atoms with Gasteiger partial charge in [0.1, 0.15) is 17.0 Å². The third-order valence-corrected chi connectivity index (χ3v) is 3.14. The number of H-pyrrole nitrogens is 1. The summed E-state index contributed by atoms with van der Waals surface area (Å²) in [4.78, 5) is 14.8. The molecule has 0 aliphatic rings. The molecular formula is C14H15N5O3. The quantitative estimate of drug-likeness (QED) is 0.658. The van der Waals surface area contributed by atoms with Crippen LogP contribution in [-0.4, -0.2) is 39.3 Å². The van der Waals surface area contributed by atoms with Crippen LogP contribution in [0.1, 0.15) is 5.56 Å². The predicted molar refractivity (Wildman–Crippen MR) is 80.2 cm³/mol. The number of fused-ring (bicyclic) bond motifs is 1. The van der Waals surface area contributed by atoms with E-state index in [9.17, 15) is 5.11 Å². The number of ether oxygens (including phenoxy) is 2. The fourth-order valence-electron chi connectivity index (χ4n) is 2.10. The van der Waals surface area contributed by atoms with Crippen LogP contribution in [0, 0.1) is 0 Å². The minimum absolute atomic E-state index is 0.317. The van der Waals surface area contributed by atoms with Gasteiger partial charge in [-0.3, -0.25) is 0 Å². The Kier molecular flexibility index (Phi) is 3.65. The summed E-state index contributed by atoms with van der Waals surface area (Å²) in [6.45, 7) is 0.464. The Morgan fingerprint density at radius 1 is 1.14 bits per heavy atom.